The Hall–Kier alpha value is -2.29. The third-order valence-corrected chi connectivity index (χ3v) is 10.1. The molecule has 0 saturated carbocycles. The predicted octanol–water partition coefficient (Wildman–Crippen LogP) is 6.73. The number of nitrogens with zero attached hydrogens (tertiary/aromatic N) is 2. The quantitative estimate of drug-likeness (QED) is 0.357. The molecule has 2 aliphatic rings. The Kier molecular flexibility index (Phi) is 6.97. The van der Waals surface area contributed by atoms with Gasteiger partial charge in [-0.3, -0.25) is 14.6 Å². The zero-order chi connectivity index (χ0) is 24.7. The normalized spacial score (nSPS) is 18.8. The fourth-order valence-corrected chi connectivity index (χ4v) is 8.04. The summed E-state index contributed by atoms with van der Waals surface area (Å²) in [6.45, 7) is 6.12. The third kappa shape index (κ3) is 4.76. The SMILES string of the molecule is CC(=O)N[C@H](C(=O)N1CCCC1C1=NC=C(c2ccc(-c3csc4c(Br)csc34)cc2)C1)C(C)C. The molecule has 8 heteroatoms. The second-order valence-corrected chi connectivity index (χ2v) is 12.1. The van der Waals surface area contributed by atoms with E-state index < -0.39 is 6.04 Å². The van der Waals surface area contributed by atoms with E-state index in [2.05, 4.69) is 56.3 Å². The van der Waals surface area contributed by atoms with Crippen molar-refractivity contribution in [2.45, 2.75) is 52.1 Å². The molecule has 4 heterocycles. The number of hydrogen-bond acceptors (Lipinski definition) is 5. The van der Waals surface area contributed by atoms with Crippen LogP contribution in [0, 0.1) is 5.92 Å². The maximum absolute atomic E-state index is 13.3. The van der Waals surface area contributed by atoms with Crippen molar-refractivity contribution in [1.29, 1.82) is 0 Å². The summed E-state index contributed by atoms with van der Waals surface area (Å²) in [5.74, 6) is -0.140. The van der Waals surface area contributed by atoms with Crippen molar-refractivity contribution < 1.29 is 9.59 Å². The summed E-state index contributed by atoms with van der Waals surface area (Å²) in [5.41, 5.74) is 5.90. The first kappa shape index (κ1) is 24.4. The van der Waals surface area contributed by atoms with Crippen LogP contribution in [0.4, 0.5) is 0 Å². The van der Waals surface area contributed by atoms with Crippen molar-refractivity contribution >= 4 is 71.1 Å². The van der Waals surface area contributed by atoms with Gasteiger partial charge in [-0.1, -0.05) is 38.1 Å². The largest absolute Gasteiger partial charge is 0.344 e. The number of carbonyl (C=O) groups excluding carboxylic acids is 2. The fourth-order valence-electron chi connectivity index (χ4n) is 4.97. The Balaban J connectivity index is 1.28. The number of benzene rings is 1. The number of rotatable bonds is 6. The number of halogens is 1. The van der Waals surface area contributed by atoms with E-state index in [0.29, 0.717) is 6.54 Å². The van der Waals surface area contributed by atoms with Gasteiger partial charge in [-0.15, -0.1) is 22.7 Å². The zero-order valence-corrected chi connectivity index (χ0v) is 23.2. The first-order valence-electron chi connectivity index (χ1n) is 11.9. The third-order valence-electron chi connectivity index (χ3n) is 6.78. The molecule has 1 fully saturated rings. The van der Waals surface area contributed by atoms with Gasteiger partial charge in [0.15, 0.2) is 0 Å². The van der Waals surface area contributed by atoms with Crippen LogP contribution in [0.2, 0.25) is 0 Å². The van der Waals surface area contributed by atoms with E-state index in [1.807, 2.05) is 24.9 Å². The maximum Gasteiger partial charge on any atom is 0.245 e. The Bertz CT molecular complexity index is 1340. The molecule has 0 radical (unpaired) electrons. The average Bonchev–Trinajstić information content (AvgIpc) is 3.62. The van der Waals surface area contributed by atoms with Gasteiger partial charge in [-0.2, -0.15) is 0 Å². The van der Waals surface area contributed by atoms with E-state index in [4.69, 9.17) is 4.99 Å². The Morgan fingerprint density at radius 2 is 1.83 bits per heavy atom. The summed E-state index contributed by atoms with van der Waals surface area (Å²) in [5, 5.41) is 7.23. The predicted molar refractivity (Wildman–Crippen MR) is 150 cm³/mol. The van der Waals surface area contributed by atoms with E-state index in [9.17, 15) is 9.59 Å². The van der Waals surface area contributed by atoms with Gasteiger partial charge in [0.05, 0.1) is 15.4 Å². The van der Waals surface area contributed by atoms with Gasteiger partial charge in [0.1, 0.15) is 6.04 Å². The van der Waals surface area contributed by atoms with Crippen LogP contribution in [0.1, 0.15) is 45.6 Å². The van der Waals surface area contributed by atoms with Crippen molar-refractivity contribution in [3.05, 3.63) is 51.3 Å². The lowest BCUT2D eigenvalue weighted by molar-refractivity contribution is -0.137. The van der Waals surface area contributed by atoms with E-state index >= 15 is 0 Å². The summed E-state index contributed by atoms with van der Waals surface area (Å²) < 4.78 is 3.80. The van der Waals surface area contributed by atoms with Gasteiger partial charge in [0.2, 0.25) is 11.8 Å². The van der Waals surface area contributed by atoms with E-state index in [1.54, 1.807) is 22.7 Å². The van der Waals surface area contributed by atoms with Crippen LogP contribution in [0.15, 0.2) is 50.7 Å². The van der Waals surface area contributed by atoms with Gasteiger partial charge >= 0.3 is 0 Å². The molecule has 0 bridgehead atoms. The minimum Gasteiger partial charge on any atom is -0.344 e. The maximum atomic E-state index is 13.3. The molecular weight excluding hydrogens is 542 g/mol. The number of likely N-dealkylation sites (tertiary alicyclic amines) is 1. The number of aliphatic imine (C=N–C) groups is 1. The minimum atomic E-state index is -0.498. The van der Waals surface area contributed by atoms with Crippen LogP contribution in [-0.4, -0.2) is 41.1 Å². The lowest BCUT2D eigenvalue weighted by Gasteiger charge is -2.31. The number of fused-ring (bicyclic) bond motifs is 1. The first-order valence-corrected chi connectivity index (χ1v) is 14.5. The highest BCUT2D eigenvalue weighted by Gasteiger charge is 2.38. The molecule has 2 aromatic heterocycles. The summed E-state index contributed by atoms with van der Waals surface area (Å²) in [6, 6.07) is 8.23. The van der Waals surface area contributed by atoms with E-state index in [0.717, 1.165) is 25.0 Å². The van der Waals surface area contributed by atoms with E-state index in [1.165, 1.54) is 43.1 Å². The molecule has 3 aromatic rings. The lowest BCUT2D eigenvalue weighted by atomic mass is 9.96. The molecule has 0 spiro atoms. The number of hydrogen-bond donors (Lipinski definition) is 1. The zero-order valence-electron chi connectivity index (χ0n) is 20.0. The molecule has 5 rings (SSSR count). The van der Waals surface area contributed by atoms with Crippen molar-refractivity contribution in [1.82, 2.24) is 10.2 Å². The van der Waals surface area contributed by atoms with Crippen LogP contribution in [0.3, 0.4) is 0 Å². The second-order valence-electron chi connectivity index (χ2n) is 9.53. The number of carbonyl (C=O) groups is 2. The molecule has 2 amide bonds. The lowest BCUT2D eigenvalue weighted by Crippen LogP contribution is -2.53. The smallest absolute Gasteiger partial charge is 0.245 e. The number of nitrogens with one attached hydrogen (secondary N) is 1. The molecule has 1 aromatic carbocycles. The monoisotopic (exact) mass is 569 g/mol. The number of thiophene rings is 2. The van der Waals surface area contributed by atoms with Crippen LogP contribution in [-0.2, 0) is 9.59 Å². The number of amides is 2. The van der Waals surface area contributed by atoms with Crippen molar-refractivity contribution in [3.63, 3.8) is 0 Å². The fraction of sp³-hybridized carbons (Fsp3) is 0.370. The summed E-state index contributed by atoms with van der Waals surface area (Å²) >= 11 is 7.19. The summed E-state index contributed by atoms with van der Waals surface area (Å²) in [7, 11) is 0. The van der Waals surface area contributed by atoms with Crippen molar-refractivity contribution in [2.24, 2.45) is 10.9 Å². The molecule has 2 aliphatic heterocycles. The van der Waals surface area contributed by atoms with Crippen LogP contribution in [0.25, 0.3) is 26.1 Å². The molecule has 0 aliphatic carbocycles. The topological polar surface area (TPSA) is 61.8 Å². The van der Waals surface area contributed by atoms with Gasteiger partial charge in [0, 0.05) is 52.6 Å². The highest BCUT2D eigenvalue weighted by atomic mass is 79.9. The highest BCUT2D eigenvalue weighted by molar-refractivity contribution is 9.10. The molecule has 35 heavy (non-hydrogen) atoms. The Morgan fingerprint density at radius 1 is 1.11 bits per heavy atom. The molecule has 182 valence electrons. The summed E-state index contributed by atoms with van der Waals surface area (Å²) in [6.07, 6.45) is 4.58. The van der Waals surface area contributed by atoms with Gasteiger partial charge in [0.25, 0.3) is 0 Å². The van der Waals surface area contributed by atoms with Crippen LogP contribution in [0.5, 0.6) is 0 Å². The van der Waals surface area contributed by atoms with Gasteiger partial charge in [-0.05, 0) is 51.4 Å². The average molecular weight is 571 g/mol. The minimum absolute atomic E-state index is 0.000458. The first-order chi connectivity index (χ1) is 16.8. The second kappa shape index (κ2) is 9.99. The molecule has 1 saturated heterocycles. The standard InChI is InChI=1S/C27H28BrN3O2S2/c1-15(2)24(30-16(3)32)27(33)31-10-4-5-23(31)22-11-19(12-29-22)17-6-8-18(9-7-17)20-13-34-26-21(28)14-35-25(20)26/h6-9,12-15,23-24H,4-5,10-11H2,1-3H3,(H,30,32)/t23?,24-/m0/s1. The Morgan fingerprint density at radius 3 is 2.54 bits per heavy atom. The molecule has 2 atom stereocenters. The molecule has 1 unspecified atom stereocenters. The number of allylic oxidation sites excluding steroid dienone is 1. The van der Waals surface area contributed by atoms with Crippen LogP contribution >= 0.6 is 38.6 Å². The molecular formula is C27H28BrN3O2S2. The van der Waals surface area contributed by atoms with Gasteiger partial charge in [-0.25, -0.2) is 0 Å². The highest BCUT2D eigenvalue weighted by Crippen LogP contribution is 2.42. The summed E-state index contributed by atoms with van der Waals surface area (Å²) in [4.78, 5) is 31.7. The van der Waals surface area contributed by atoms with Crippen molar-refractivity contribution in [2.75, 3.05) is 6.54 Å². The molecule has 1 N–H and O–H groups in total. The van der Waals surface area contributed by atoms with Crippen molar-refractivity contribution in [3.8, 4) is 11.1 Å². The Labute approximate surface area is 222 Å². The van der Waals surface area contributed by atoms with E-state index in [-0.39, 0.29) is 23.8 Å². The van der Waals surface area contributed by atoms with Crippen LogP contribution < -0.4 is 5.32 Å². The molecule has 5 nitrogen and oxygen atoms in total. The van der Waals surface area contributed by atoms with Gasteiger partial charge < -0.3 is 10.2 Å².